The van der Waals surface area contributed by atoms with Crippen molar-refractivity contribution in [2.45, 2.75) is 20.8 Å². The van der Waals surface area contributed by atoms with Crippen LogP contribution in [0.15, 0.2) is 53.6 Å². The highest BCUT2D eigenvalue weighted by Gasteiger charge is 2.10. The molecule has 0 spiro atoms. The fourth-order valence-electron chi connectivity index (χ4n) is 2.26. The van der Waals surface area contributed by atoms with Crippen molar-refractivity contribution >= 4 is 28.0 Å². The van der Waals surface area contributed by atoms with Gasteiger partial charge in [0, 0.05) is 17.0 Å². The largest absolute Gasteiger partial charge is 0.233 e. The highest BCUT2D eigenvalue weighted by molar-refractivity contribution is 6.08. The molecule has 1 heterocycles. The van der Waals surface area contributed by atoms with E-state index in [0.29, 0.717) is 0 Å². The molecule has 3 aromatic rings. The number of fused-ring (bicyclic) bond motifs is 3. The molecule has 0 aliphatic rings. The van der Waals surface area contributed by atoms with Gasteiger partial charge in [0.15, 0.2) is 0 Å². The fraction of sp³-hybridized carbons (Fsp3) is 0.235. The van der Waals surface area contributed by atoms with E-state index in [1.54, 1.807) is 0 Å². The number of hydrogen-bond donors (Lipinski definition) is 0. The number of rotatable bonds is 1. The van der Waals surface area contributed by atoms with Gasteiger partial charge in [-0.25, -0.2) is 4.68 Å². The van der Waals surface area contributed by atoms with E-state index in [4.69, 9.17) is 0 Å². The van der Waals surface area contributed by atoms with Crippen molar-refractivity contribution in [2.24, 2.45) is 10.5 Å². The molecule has 0 aliphatic carbocycles. The highest BCUT2D eigenvalue weighted by Crippen LogP contribution is 2.28. The third-order valence-corrected chi connectivity index (χ3v) is 3.12. The van der Waals surface area contributed by atoms with Gasteiger partial charge >= 0.3 is 0 Å². The predicted molar refractivity (Wildman–Crippen MR) is 82.8 cm³/mol. The molecule has 2 aromatic carbocycles. The maximum atomic E-state index is 4.69. The predicted octanol–water partition coefficient (Wildman–Crippen LogP) is 4.67. The summed E-state index contributed by atoms with van der Waals surface area (Å²) in [5.74, 6) is 0. The number of hydrogen-bond acceptors (Lipinski definition) is 1. The lowest BCUT2D eigenvalue weighted by atomic mass is 9.99. The maximum absolute atomic E-state index is 4.69. The summed E-state index contributed by atoms with van der Waals surface area (Å²) in [6.45, 7) is 6.47. The summed E-state index contributed by atoms with van der Waals surface area (Å²) in [6, 6.07) is 16.8. The van der Waals surface area contributed by atoms with Crippen LogP contribution < -0.4 is 0 Å². The van der Waals surface area contributed by atoms with Gasteiger partial charge in [0.25, 0.3) is 0 Å². The highest BCUT2D eigenvalue weighted by atomic mass is 15.3. The Morgan fingerprint density at radius 1 is 0.842 bits per heavy atom. The Balaban J connectivity index is 2.34. The van der Waals surface area contributed by atoms with Crippen LogP contribution in [0.1, 0.15) is 20.8 Å². The van der Waals surface area contributed by atoms with E-state index < -0.39 is 0 Å². The minimum atomic E-state index is 0.0759. The number of para-hydroxylation sites is 2. The summed E-state index contributed by atoms with van der Waals surface area (Å²) in [5.41, 5.74) is 2.39. The summed E-state index contributed by atoms with van der Waals surface area (Å²) in [6.07, 6.45) is 2.01. The lowest BCUT2D eigenvalue weighted by molar-refractivity contribution is 0.601. The standard InChI is InChI=1S/C17H18N2/c1-17(2,3)12-18-19-15-10-6-4-8-13(15)14-9-5-7-11-16(14)19/h4-12H,1-3H3. The van der Waals surface area contributed by atoms with Crippen LogP contribution in [-0.2, 0) is 0 Å². The van der Waals surface area contributed by atoms with Crippen LogP contribution in [0, 0.1) is 5.41 Å². The third-order valence-electron chi connectivity index (χ3n) is 3.12. The lowest BCUT2D eigenvalue weighted by Crippen LogP contribution is -2.07. The van der Waals surface area contributed by atoms with Crippen LogP contribution in [0.2, 0.25) is 0 Å². The molecule has 96 valence electrons. The zero-order valence-electron chi connectivity index (χ0n) is 11.6. The lowest BCUT2D eigenvalue weighted by Gasteiger charge is -2.10. The van der Waals surface area contributed by atoms with Gasteiger partial charge in [0.05, 0.1) is 11.0 Å². The molecule has 0 radical (unpaired) electrons. The molecular weight excluding hydrogens is 232 g/mol. The molecule has 2 heteroatoms. The summed E-state index contributed by atoms with van der Waals surface area (Å²) in [5, 5.41) is 7.19. The summed E-state index contributed by atoms with van der Waals surface area (Å²) < 4.78 is 2.04. The Kier molecular flexibility index (Phi) is 2.67. The van der Waals surface area contributed by atoms with Crippen LogP contribution in [0.4, 0.5) is 0 Å². The molecule has 0 aliphatic heterocycles. The normalized spacial score (nSPS) is 12.8. The monoisotopic (exact) mass is 250 g/mol. The van der Waals surface area contributed by atoms with E-state index in [9.17, 15) is 0 Å². The number of aromatic nitrogens is 1. The van der Waals surface area contributed by atoms with E-state index in [1.807, 2.05) is 10.9 Å². The second kappa shape index (κ2) is 4.23. The van der Waals surface area contributed by atoms with Crippen LogP contribution in [0.25, 0.3) is 21.8 Å². The second-order valence-electron chi connectivity index (χ2n) is 5.96. The Bertz CT molecular complexity index is 704. The van der Waals surface area contributed by atoms with E-state index in [-0.39, 0.29) is 5.41 Å². The quantitative estimate of drug-likeness (QED) is 0.558. The third kappa shape index (κ3) is 2.14. The Morgan fingerprint density at radius 2 is 1.32 bits per heavy atom. The smallest absolute Gasteiger partial charge is 0.0731 e. The SMILES string of the molecule is CC(C)(C)C=Nn1c2ccccc2c2ccccc21. The topological polar surface area (TPSA) is 17.3 Å². The summed E-state index contributed by atoms with van der Waals surface area (Å²) >= 11 is 0. The van der Waals surface area contributed by atoms with Gasteiger partial charge in [0.2, 0.25) is 0 Å². The van der Waals surface area contributed by atoms with Gasteiger partial charge < -0.3 is 0 Å². The Morgan fingerprint density at radius 3 is 1.79 bits per heavy atom. The average Bonchev–Trinajstić information content (AvgIpc) is 2.70. The fourth-order valence-corrected chi connectivity index (χ4v) is 2.26. The van der Waals surface area contributed by atoms with Crippen LogP contribution in [0.3, 0.4) is 0 Å². The molecule has 0 atom stereocenters. The molecule has 3 rings (SSSR count). The van der Waals surface area contributed by atoms with Gasteiger partial charge in [-0.15, -0.1) is 0 Å². The van der Waals surface area contributed by atoms with Crippen molar-refractivity contribution in [3.8, 4) is 0 Å². The van der Waals surface area contributed by atoms with Gasteiger partial charge in [0.1, 0.15) is 0 Å². The molecule has 19 heavy (non-hydrogen) atoms. The van der Waals surface area contributed by atoms with E-state index in [0.717, 1.165) is 11.0 Å². The van der Waals surface area contributed by atoms with Crippen molar-refractivity contribution in [3.63, 3.8) is 0 Å². The average molecular weight is 250 g/mol. The van der Waals surface area contributed by atoms with E-state index in [1.165, 1.54) is 10.8 Å². The van der Waals surface area contributed by atoms with Gasteiger partial charge in [-0.2, -0.15) is 5.10 Å². The van der Waals surface area contributed by atoms with Crippen LogP contribution in [-0.4, -0.2) is 10.9 Å². The Hall–Kier alpha value is -2.09. The molecule has 0 saturated heterocycles. The molecule has 1 aromatic heterocycles. The van der Waals surface area contributed by atoms with E-state index in [2.05, 4.69) is 74.4 Å². The first-order valence-electron chi connectivity index (χ1n) is 6.60. The molecule has 0 unspecified atom stereocenters. The van der Waals surface area contributed by atoms with E-state index >= 15 is 0 Å². The first-order chi connectivity index (χ1) is 9.06. The molecule has 0 saturated carbocycles. The van der Waals surface area contributed by atoms with Gasteiger partial charge in [-0.05, 0) is 17.5 Å². The Labute approximate surface area is 113 Å². The molecular formula is C17H18N2. The summed E-state index contributed by atoms with van der Waals surface area (Å²) in [7, 11) is 0. The van der Waals surface area contributed by atoms with Crippen LogP contribution >= 0.6 is 0 Å². The van der Waals surface area contributed by atoms with Crippen molar-refractivity contribution in [3.05, 3.63) is 48.5 Å². The van der Waals surface area contributed by atoms with Crippen molar-refractivity contribution in [2.75, 3.05) is 0 Å². The molecule has 0 amide bonds. The molecule has 0 fully saturated rings. The first kappa shape index (κ1) is 12.0. The van der Waals surface area contributed by atoms with Gasteiger partial charge in [-0.1, -0.05) is 57.2 Å². The summed E-state index contributed by atoms with van der Waals surface area (Å²) in [4.78, 5) is 0. The first-order valence-corrected chi connectivity index (χ1v) is 6.60. The number of benzene rings is 2. The molecule has 2 nitrogen and oxygen atoms in total. The zero-order chi connectivity index (χ0) is 13.5. The van der Waals surface area contributed by atoms with Crippen molar-refractivity contribution in [1.82, 2.24) is 4.68 Å². The molecule has 0 bridgehead atoms. The number of nitrogens with zero attached hydrogens (tertiary/aromatic N) is 2. The van der Waals surface area contributed by atoms with Crippen molar-refractivity contribution < 1.29 is 0 Å². The minimum absolute atomic E-state index is 0.0759. The maximum Gasteiger partial charge on any atom is 0.0731 e. The zero-order valence-corrected chi connectivity index (χ0v) is 11.6. The molecule has 0 N–H and O–H groups in total. The minimum Gasteiger partial charge on any atom is -0.233 e. The van der Waals surface area contributed by atoms with Gasteiger partial charge in [-0.3, -0.25) is 0 Å². The van der Waals surface area contributed by atoms with Crippen molar-refractivity contribution in [1.29, 1.82) is 0 Å². The second-order valence-corrected chi connectivity index (χ2v) is 5.96. The van der Waals surface area contributed by atoms with Crippen LogP contribution in [0.5, 0.6) is 0 Å².